The van der Waals surface area contributed by atoms with Crippen LogP contribution >= 0.6 is 0 Å². The van der Waals surface area contributed by atoms with Gasteiger partial charge in [-0.1, -0.05) is 36.4 Å². The highest BCUT2D eigenvalue weighted by Gasteiger charge is 2.26. The summed E-state index contributed by atoms with van der Waals surface area (Å²) in [6.07, 6.45) is 2.02. The van der Waals surface area contributed by atoms with Crippen molar-refractivity contribution in [2.75, 3.05) is 0 Å². The van der Waals surface area contributed by atoms with Gasteiger partial charge in [-0.3, -0.25) is 4.79 Å². The highest BCUT2D eigenvalue weighted by Crippen LogP contribution is 2.30. The Morgan fingerprint density at radius 3 is 2.40 bits per heavy atom. The second-order valence-electron chi connectivity index (χ2n) is 9.06. The SMILES string of the molecule is CB(O)n1cc(C(=O)c2cccc(OC(=O)OC(C)(C)C)c2F)c2cc(-c3ccccc3)cnc21. The van der Waals surface area contributed by atoms with E-state index in [2.05, 4.69) is 4.98 Å². The lowest BCUT2D eigenvalue weighted by Crippen LogP contribution is -2.26. The molecule has 0 bridgehead atoms. The zero-order valence-corrected chi connectivity index (χ0v) is 19.8. The average Bonchev–Trinajstić information content (AvgIpc) is 3.18. The smallest absolute Gasteiger partial charge is 0.432 e. The van der Waals surface area contributed by atoms with Crippen molar-refractivity contribution in [1.29, 1.82) is 0 Å². The number of hydrogen-bond donors (Lipinski definition) is 1. The Labute approximate surface area is 202 Å². The molecule has 0 radical (unpaired) electrons. The van der Waals surface area contributed by atoms with Gasteiger partial charge in [-0.25, -0.2) is 14.2 Å². The molecule has 0 aliphatic carbocycles. The third-order valence-electron chi connectivity index (χ3n) is 5.21. The number of benzene rings is 2. The van der Waals surface area contributed by atoms with Gasteiger partial charge in [-0.2, -0.15) is 0 Å². The van der Waals surface area contributed by atoms with Gasteiger partial charge in [0.2, 0.25) is 0 Å². The van der Waals surface area contributed by atoms with Crippen molar-refractivity contribution >= 4 is 30.0 Å². The largest absolute Gasteiger partial charge is 0.514 e. The molecule has 0 atom stereocenters. The van der Waals surface area contributed by atoms with E-state index in [4.69, 9.17) is 9.47 Å². The molecular weight excluding hydrogens is 450 g/mol. The molecule has 0 saturated carbocycles. The molecule has 0 spiro atoms. The Morgan fingerprint density at radius 1 is 1.03 bits per heavy atom. The lowest BCUT2D eigenvalue weighted by molar-refractivity contribution is 0.0197. The first-order chi connectivity index (χ1) is 16.5. The molecule has 4 aromatic rings. The number of carbonyl (C=O) groups is 2. The second-order valence-corrected chi connectivity index (χ2v) is 9.06. The van der Waals surface area contributed by atoms with Gasteiger partial charge in [0.25, 0.3) is 0 Å². The summed E-state index contributed by atoms with van der Waals surface area (Å²) in [6.45, 7) is 6.50. The molecule has 0 unspecified atom stereocenters. The van der Waals surface area contributed by atoms with E-state index in [1.807, 2.05) is 30.3 Å². The summed E-state index contributed by atoms with van der Waals surface area (Å²) in [5, 5.41) is 10.7. The predicted octanol–water partition coefficient (Wildman–Crippen LogP) is 5.35. The van der Waals surface area contributed by atoms with Gasteiger partial charge in [0.1, 0.15) is 11.2 Å². The standard InChI is InChI=1S/C26H24BFN2O5/c1-26(2,3)35-25(32)34-21-12-8-11-18(22(21)28)23(31)20-15-30(27(4)33)24-19(20)13-17(14-29-24)16-9-6-5-7-10-16/h5-15,33H,1-4H3. The van der Waals surface area contributed by atoms with E-state index in [1.54, 1.807) is 33.0 Å². The molecule has 0 aliphatic rings. The van der Waals surface area contributed by atoms with Crippen molar-refractivity contribution in [3.8, 4) is 16.9 Å². The number of carbonyl (C=O) groups excluding carboxylic acids is 2. The summed E-state index contributed by atoms with van der Waals surface area (Å²) in [6, 6.07) is 15.2. The van der Waals surface area contributed by atoms with E-state index < -0.39 is 36.2 Å². The number of fused-ring (bicyclic) bond motifs is 1. The van der Waals surface area contributed by atoms with Crippen LogP contribution in [0.1, 0.15) is 36.7 Å². The van der Waals surface area contributed by atoms with Crippen molar-refractivity contribution < 1.29 is 28.5 Å². The van der Waals surface area contributed by atoms with Crippen LogP contribution in [0.2, 0.25) is 6.82 Å². The summed E-state index contributed by atoms with van der Waals surface area (Å²) in [7, 11) is -0.971. The van der Waals surface area contributed by atoms with Crippen LogP contribution in [0.25, 0.3) is 22.2 Å². The fraction of sp³-hybridized carbons (Fsp3) is 0.192. The maximum atomic E-state index is 15.3. The third kappa shape index (κ3) is 5.10. The molecule has 2 aromatic carbocycles. The summed E-state index contributed by atoms with van der Waals surface area (Å²) in [4.78, 5) is 30.0. The summed E-state index contributed by atoms with van der Waals surface area (Å²) < 4.78 is 26.8. The molecule has 7 nitrogen and oxygen atoms in total. The number of hydrogen-bond acceptors (Lipinski definition) is 6. The van der Waals surface area contributed by atoms with Crippen LogP contribution in [-0.2, 0) is 4.74 Å². The molecule has 178 valence electrons. The first kappa shape index (κ1) is 24.2. The van der Waals surface area contributed by atoms with Gasteiger partial charge in [-0.05, 0) is 51.4 Å². The van der Waals surface area contributed by atoms with Gasteiger partial charge in [0.15, 0.2) is 17.3 Å². The highest BCUT2D eigenvalue weighted by atomic mass is 19.1. The third-order valence-corrected chi connectivity index (χ3v) is 5.21. The van der Waals surface area contributed by atoms with Crippen LogP contribution in [0, 0.1) is 5.82 Å². The minimum absolute atomic E-state index is 0.152. The normalized spacial score (nSPS) is 11.4. The van der Waals surface area contributed by atoms with Gasteiger partial charge < -0.3 is 19.0 Å². The Balaban J connectivity index is 1.78. The molecule has 9 heteroatoms. The fourth-order valence-corrected chi connectivity index (χ4v) is 3.66. The van der Waals surface area contributed by atoms with Crippen molar-refractivity contribution in [3.63, 3.8) is 0 Å². The topological polar surface area (TPSA) is 90.7 Å². The van der Waals surface area contributed by atoms with Crippen LogP contribution in [-0.4, -0.2) is 39.1 Å². The van der Waals surface area contributed by atoms with E-state index in [9.17, 15) is 14.6 Å². The minimum atomic E-state index is -1.08. The first-order valence-corrected chi connectivity index (χ1v) is 11.0. The first-order valence-electron chi connectivity index (χ1n) is 11.0. The summed E-state index contributed by atoms with van der Waals surface area (Å²) >= 11 is 0. The summed E-state index contributed by atoms with van der Waals surface area (Å²) in [5.74, 6) is -2.06. The van der Waals surface area contributed by atoms with Crippen LogP contribution in [0.15, 0.2) is 67.0 Å². The van der Waals surface area contributed by atoms with Crippen LogP contribution in [0.5, 0.6) is 5.75 Å². The summed E-state index contributed by atoms with van der Waals surface area (Å²) in [5.41, 5.74) is 1.07. The van der Waals surface area contributed by atoms with E-state index in [0.717, 1.165) is 11.1 Å². The van der Waals surface area contributed by atoms with Crippen LogP contribution < -0.4 is 4.74 Å². The Morgan fingerprint density at radius 2 is 1.74 bits per heavy atom. The highest BCUT2D eigenvalue weighted by molar-refractivity contribution is 6.48. The van der Waals surface area contributed by atoms with Crippen molar-refractivity contribution in [1.82, 2.24) is 9.46 Å². The number of aromatic nitrogens is 2. The van der Waals surface area contributed by atoms with Crippen molar-refractivity contribution in [3.05, 3.63) is 83.9 Å². The van der Waals surface area contributed by atoms with Crippen molar-refractivity contribution in [2.45, 2.75) is 33.2 Å². The van der Waals surface area contributed by atoms with E-state index in [-0.39, 0.29) is 11.1 Å². The van der Waals surface area contributed by atoms with Gasteiger partial charge in [0, 0.05) is 28.9 Å². The molecule has 0 amide bonds. The van der Waals surface area contributed by atoms with E-state index >= 15 is 4.39 Å². The predicted molar refractivity (Wildman–Crippen MR) is 131 cm³/mol. The second kappa shape index (κ2) is 9.35. The number of ketones is 1. The number of nitrogens with zero attached hydrogens (tertiary/aromatic N) is 2. The molecule has 2 heterocycles. The lowest BCUT2D eigenvalue weighted by atomic mass is 9.88. The maximum absolute atomic E-state index is 15.3. The molecule has 0 saturated heterocycles. The number of ether oxygens (including phenoxy) is 2. The Bertz CT molecular complexity index is 1410. The fourth-order valence-electron chi connectivity index (χ4n) is 3.66. The molecule has 4 rings (SSSR count). The number of rotatable bonds is 5. The van der Waals surface area contributed by atoms with E-state index in [1.165, 1.54) is 35.7 Å². The molecular formula is C26H24BFN2O5. The van der Waals surface area contributed by atoms with Gasteiger partial charge >= 0.3 is 13.2 Å². The Hall–Kier alpha value is -3.98. The number of halogens is 1. The zero-order chi connectivity index (χ0) is 25.3. The molecule has 35 heavy (non-hydrogen) atoms. The van der Waals surface area contributed by atoms with E-state index in [0.29, 0.717) is 11.0 Å². The molecule has 0 aliphatic heterocycles. The van der Waals surface area contributed by atoms with Crippen LogP contribution in [0.3, 0.4) is 0 Å². The van der Waals surface area contributed by atoms with Crippen LogP contribution in [0.4, 0.5) is 9.18 Å². The maximum Gasteiger partial charge on any atom is 0.514 e. The Kier molecular flexibility index (Phi) is 6.45. The molecule has 1 N–H and O–H groups in total. The van der Waals surface area contributed by atoms with Gasteiger partial charge in [0.05, 0.1) is 5.56 Å². The molecule has 0 fully saturated rings. The van der Waals surface area contributed by atoms with Gasteiger partial charge in [-0.15, -0.1) is 0 Å². The zero-order valence-electron chi connectivity index (χ0n) is 19.8. The molecule has 2 aromatic heterocycles. The number of pyridine rings is 1. The quantitative estimate of drug-likeness (QED) is 0.182. The minimum Gasteiger partial charge on any atom is -0.432 e. The van der Waals surface area contributed by atoms with Crippen molar-refractivity contribution in [2.24, 2.45) is 0 Å². The average molecular weight is 474 g/mol. The monoisotopic (exact) mass is 474 g/mol. The lowest BCUT2D eigenvalue weighted by Gasteiger charge is -2.19.